The summed E-state index contributed by atoms with van der Waals surface area (Å²) in [6, 6.07) is 1.85. The average molecular weight is 294 g/mol. The van der Waals surface area contributed by atoms with Crippen LogP contribution in [0.4, 0.5) is 0 Å². The Morgan fingerprint density at radius 2 is 2.05 bits per heavy atom. The molecular formula is C14H20ClN5. The fourth-order valence-corrected chi connectivity index (χ4v) is 2.59. The highest BCUT2D eigenvalue weighted by Crippen LogP contribution is 2.25. The van der Waals surface area contributed by atoms with Crippen molar-refractivity contribution in [3.63, 3.8) is 0 Å². The van der Waals surface area contributed by atoms with E-state index < -0.39 is 0 Å². The number of rotatable bonds is 4. The third-order valence-electron chi connectivity index (χ3n) is 3.44. The molecule has 1 atom stereocenters. The highest BCUT2D eigenvalue weighted by molar-refractivity contribution is 6.31. The zero-order valence-electron chi connectivity index (χ0n) is 12.3. The maximum absolute atomic E-state index is 6.35. The first-order valence-electron chi connectivity index (χ1n) is 6.70. The number of aryl methyl sites for hydroxylation is 4. The van der Waals surface area contributed by atoms with Gasteiger partial charge < -0.3 is 5.73 Å². The van der Waals surface area contributed by atoms with Gasteiger partial charge in [-0.1, -0.05) is 18.5 Å². The second kappa shape index (κ2) is 5.89. The molecule has 0 bridgehead atoms. The minimum Gasteiger partial charge on any atom is -0.324 e. The quantitative estimate of drug-likeness (QED) is 0.939. The van der Waals surface area contributed by atoms with Crippen LogP contribution in [-0.4, -0.2) is 20.0 Å². The predicted molar refractivity (Wildman–Crippen MR) is 79.7 cm³/mol. The second-order valence-corrected chi connectivity index (χ2v) is 5.40. The lowest BCUT2D eigenvalue weighted by molar-refractivity contribution is 0.629. The minimum absolute atomic E-state index is 0.161. The van der Waals surface area contributed by atoms with E-state index in [4.69, 9.17) is 17.3 Å². The van der Waals surface area contributed by atoms with Crippen LogP contribution in [0.2, 0.25) is 5.02 Å². The lowest BCUT2D eigenvalue weighted by atomic mass is 9.99. The first-order chi connectivity index (χ1) is 9.43. The van der Waals surface area contributed by atoms with E-state index in [1.807, 2.05) is 27.0 Å². The molecule has 5 nitrogen and oxygen atoms in total. The zero-order chi connectivity index (χ0) is 14.9. The monoisotopic (exact) mass is 293 g/mol. The van der Waals surface area contributed by atoms with Gasteiger partial charge in [0.05, 0.1) is 27.8 Å². The molecule has 0 aromatic carbocycles. The Balaban J connectivity index is 2.32. The van der Waals surface area contributed by atoms with Crippen LogP contribution in [0.5, 0.6) is 0 Å². The van der Waals surface area contributed by atoms with Crippen LogP contribution in [0.25, 0.3) is 0 Å². The van der Waals surface area contributed by atoms with Gasteiger partial charge >= 0.3 is 0 Å². The van der Waals surface area contributed by atoms with Crippen molar-refractivity contribution in [2.24, 2.45) is 12.8 Å². The maximum Gasteiger partial charge on any atom is 0.0847 e. The molecule has 1 unspecified atom stereocenters. The predicted octanol–water partition coefficient (Wildman–Crippen LogP) is 2.29. The van der Waals surface area contributed by atoms with Gasteiger partial charge in [0.2, 0.25) is 0 Å². The second-order valence-electron chi connectivity index (χ2n) is 5.02. The molecule has 0 fully saturated rings. The van der Waals surface area contributed by atoms with Crippen molar-refractivity contribution < 1.29 is 0 Å². The lowest BCUT2D eigenvalue weighted by Gasteiger charge is -2.15. The molecule has 20 heavy (non-hydrogen) atoms. The van der Waals surface area contributed by atoms with E-state index in [9.17, 15) is 0 Å². The van der Waals surface area contributed by atoms with Gasteiger partial charge in [-0.3, -0.25) is 4.68 Å². The van der Waals surface area contributed by atoms with E-state index in [0.717, 1.165) is 34.8 Å². The summed E-state index contributed by atoms with van der Waals surface area (Å²) >= 11 is 6.28. The summed E-state index contributed by atoms with van der Waals surface area (Å²) in [7, 11) is 1.89. The van der Waals surface area contributed by atoms with Crippen LogP contribution >= 0.6 is 11.6 Å². The standard InChI is InChI=1S/C14H20ClN5/c1-5-12-10(6-8(2)17-18-12)11(16)7-13-14(15)9(3)19-20(13)4/h6,11H,5,7,16H2,1-4H3. The molecule has 0 saturated carbocycles. The third kappa shape index (κ3) is 2.83. The van der Waals surface area contributed by atoms with E-state index in [1.165, 1.54) is 0 Å². The molecule has 0 saturated heterocycles. The summed E-state index contributed by atoms with van der Waals surface area (Å²) in [5.74, 6) is 0. The highest BCUT2D eigenvalue weighted by Gasteiger charge is 2.18. The molecule has 2 rings (SSSR count). The summed E-state index contributed by atoms with van der Waals surface area (Å²) in [4.78, 5) is 0. The number of hydrogen-bond acceptors (Lipinski definition) is 4. The largest absolute Gasteiger partial charge is 0.324 e. The van der Waals surface area contributed by atoms with E-state index in [2.05, 4.69) is 22.2 Å². The Kier molecular flexibility index (Phi) is 4.40. The fourth-order valence-electron chi connectivity index (χ4n) is 2.35. The Hall–Kier alpha value is -1.46. The number of nitrogens with zero attached hydrogens (tertiary/aromatic N) is 4. The topological polar surface area (TPSA) is 69.6 Å². The van der Waals surface area contributed by atoms with Crippen LogP contribution in [0.15, 0.2) is 6.07 Å². The maximum atomic E-state index is 6.35. The first-order valence-corrected chi connectivity index (χ1v) is 7.08. The van der Waals surface area contributed by atoms with Gasteiger partial charge in [-0.25, -0.2) is 0 Å². The average Bonchev–Trinajstić information content (AvgIpc) is 2.65. The van der Waals surface area contributed by atoms with Gasteiger partial charge in [0, 0.05) is 19.5 Å². The van der Waals surface area contributed by atoms with Gasteiger partial charge in [-0.05, 0) is 31.9 Å². The smallest absolute Gasteiger partial charge is 0.0847 e. The van der Waals surface area contributed by atoms with E-state index in [0.29, 0.717) is 11.4 Å². The van der Waals surface area contributed by atoms with Crippen molar-refractivity contribution >= 4 is 11.6 Å². The van der Waals surface area contributed by atoms with Gasteiger partial charge in [-0.15, -0.1) is 0 Å². The van der Waals surface area contributed by atoms with E-state index >= 15 is 0 Å². The molecule has 2 heterocycles. The number of hydrogen-bond donors (Lipinski definition) is 1. The molecule has 2 aromatic heterocycles. The first kappa shape index (κ1) is 14.9. The summed E-state index contributed by atoms with van der Waals surface area (Å²) in [6.45, 7) is 5.87. The highest BCUT2D eigenvalue weighted by atomic mass is 35.5. The van der Waals surface area contributed by atoms with Crippen LogP contribution < -0.4 is 5.73 Å². The summed E-state index contributed by atoms with van der Waals surface area (Å²) < 4.78 is 1.80. The minimum atomic E-state index is -0.161. The van der Waals surface area contributed by atoms with Crippen LogP contribution in [0.1, 0.15) is 41.3 Å². The summed E-state index contributed by atoms with van der Waals surface area (Å²) in [6.07, 6.45) is 1.45. The molecular weight excluding hydrogens is 274 g/mol. The van der Waals surface area contributed by atoms with E-state index in [1.54, 1.807) is 4.68 Å². The van der Waals surface area contributed by atoms with Gasteiger partial charge in [0.25, 0.3) is 0 Å². The Labute approximate surface area is 124 Å². The van der Waals surface area contributed by atoms with Crippen molar-refractivity contribution in [3.05, 3.63) is 39.4 Å². The van der Waals surface area contributed by atoms with Crippen molar-refractivity contribution in [2.45, 2.75) is 39.7 Å². The molecule has 0 spiro atoms. The molecule has 0 radical (unpaired) electrons. The molecule has 0 amide bonds. The molecule has 6 heteroatoms. The Morgan fingerprint density at radius 3 is 2.60 bits per heavy atom. The van der Waals surface area contributed by atoms with Gasteiger partial charge in [0.15, 0.2) is 0 Å². The van der Waals surface area contributed by atoms with Crippen LogP contribution in [0, 0.1) is 13.8 Å². The van der Waals surface area contributed by atoms with Crippen molar-refractivity contribution in [3.8, 4) is 0 Å². The molecule has 2 aromatic rings. The number of halogens is 1. The van der Waals surface area contributed by atoms with E-state index in [-0.39, 0.29) is 6.04 Å². The molecule has 0 aliphatic carbocycles. The number of nitrogens with two attached hydrogens (primary N) is 1. The molecule has 0 aliphatic heterocycles. The van der Waals surface area contributed by atoms with Gasteiger partial charge in [0.1, 0.15) is 0 Å². The molecule has 2 N–H and O–H groups in total. The van der Waals surface area contributed by atoms with Crippen LogP contribution in [0.3, 0.4) is 0 Å². The molecule has 0 aliphatic rings. The van der Waals surface area contributed by atoms with Crippen LogP contribution in [-0.2, 0) is 19.9 Å². The Morgan fingerprint density at radius 1 is 1.35 bits per heavy atom. The zero-order valence-corrected chi connectivity index (χ0v) is 13.1. The SMILES string of the molecule is CCc1nnc(C)cc1C(N)Cc1c(Cl)c(C)nn1C. The number of aromatic nitrogens is 4. The third-order valence-corrected chi connectivity index (χ3v) is 3.93. The van der Waals surface area contributed by atoms with Crippen molar-refractivity contribution in [1.29, 1.82) is 0 Å². The lowest BCUT2D eigenvalue weighted by Crippen LogP contribution is -2.18. The van der Waals surface area contributed by atoms with Crippen molar-refractivity contribution in [2.75, 3.05) is 0 Å². The Bertz CT molecular complexity index is 620. The normalized spacial score (nSPS) is 12.7. The fraction of sp³-hybridized carbons (Fsp3) is 0.500. The summed E-state index contributed by atoms with van der Waals surface area (Å²) in [5.41, 5.74) is 11.0. The molecule has 108 valence electrons. The van der Waals surface area contributed by atoms with Gasteiger partial charge in [-0.2, -0.15) is 15.3 Å². The van der Waals surface area contributed by atoms with Crippen molar-refractivity contribution in [1.82, 2.24) is 20.0 Å². The summed E-state index contributed by atoms with van der Waals surface area (Å²) in [5, 5.41) is 13.3.